The number of nitrogens with zero attached hydrogens (tertiary/aromatic N) is 2. The summed E-state index contributed by atoms with van der Waals surface area (Å²) in [6.45, 7) is 2.02. The van der Waals surface area contributed by atoms with Crippen LogP contribution in [0.2, 0.25) is 0 Å². The van der Waals surface area contributed by atoms with Gasteiger partial charge in [0, 0.05) is 18.5 Å². The minimum absolute atomic E-state index is 0.0920. The van der Waals surface area contributed by atoms with E-state index in [0.717, 1.165) is 29.7 Å². The van der Waals surface area contributed by atoms with Gasteiger partial charge in [-0.25, -0.2) is 9.78 Å². The van der Waals surface area contributed by atoms with Gasteiger partial charge < -0.3 is 18.8 Å². The molecule has 0 spiro atoms. The minimum atomic E-state index is -5.06. The van der Waals surface area contributed by atoms with E-state index in [1.807, 2.05) is 49.4 Å². The van der Waals surface area contributed by atoms with Crippen molar-refractivity contribution >= 4 is 11.9 Å². The second-order valence-electron chi connectivity index (χ2n) is 8.93. The Morgan fingerprint density at radius 2 is 1.89 bits per heavy atom. The summed E-state index contributed by atoms with van der Waals surface area (Å²) in [5.74, 6) is -1.34. The molecule has 7 nitrogen and oxygen atoms in total. The average molecular weight is 517 g/mol. The number of carbonyl (C=O) groups excluding carboxylic acids is 2. The van der Waals surface area contributed by atoms with E-state index in [-0.39, 0.29) is 18.9 Å². The Morgan fingerprint density at radius 3 is 2.59 bits per heavy atom. The molecule has 37 heavy (non-hydrogen) atoms. The molecule has 0 unspecified atom stereocenters. The standard InChI is InChI=1S/C27H27F3N2O5/c1-17-22(31-24(37-17)20-8-4-3-5-9-20)11-12-36-21-10-6-7-18(14-21)13-19-15-23(25(33)35-2)32(16-19)26(34)27(28,29)30/h3-10,14,19,23H,11-13,15-16H2,1-2H3/t19-,23-/m0/s1. The first-order valence-corrected chi connectivity index (χ1v) is 11.8. The summed E-state index contributed by atoms with van der Waals surface area (Å²) in [4.78, 5) is 29.0. The SMILES string of the molecule is COC(=O)[C@@H]1C[C@H](Cc2cccc(OCCc3nc(-c4ccccc4)oc3C)c2)CN1C(=O)C(F)(F)F. The second-order valence-corrected chi connectivity index (χ2v) is 8.93. The summed E-state index contributed by atoms with van der Waals surface area (Å²) >= 11 is 0. The van der Waals surface area contributed by atoms with Gasteiger partial charge in [0.2, 0.25) is 5.89 Å². The molecule has 2 heterocycles. The average Bonchev–Trinajstić information content (AvgIpc) is 3.46. The van der Waals surface area contributed by atoms with E-state index >= 15 is 0 Å². The van der Waals surface area contributed by atoms with Crippen molar-refractivity contribution in [2.45, 2.75) is 38.4 Å². The van der Waals surface area contributed by atoms with Crippen LogP contribution in [0.4, 0.5) is 13.2 Å². The van der Waals surface area contributed by atoms with Crippen molar-refractivity contribution in [2.24, 2.45) is 5.92 Å². The molecule has 196 valence electrons. The molecule has 1 saturated heterocycles. The van der Waals surface area contributed by atoms with Gasteiger partial charge in [-0.1, -0.05) is 30.3 Å². The molecule has 1 aliphatic rings. The molecule has 0 bridgehead atoms. The lowest BCUT2D eigenvalue weighted by atomic mass is 9.96. The lowest BCUT2D eigenvalue weighted by Gasteiger charge is -2.23. The molecule has 1 aromatic heterocycles. The highest BCUT2D eigenvalue weighted by Gasteiger charge is 2.50. The van der Waals surface area contributed by atoms with Gasteiger partial charge in [0.05, 0.1) is 19.4 Å². The summed E-state index contributed by atoms with van der Waals surface area (Å²) < 4.78 is 55.4. The zero-order valence-corrected chi connectivity index (χ0v) is 20.5. The molecule has 0 radical (unpaired) electrons. The number of aromatic nitrogens is 1. The molecule has 3 aromatic rings. The van der Waals surface area contributed by atoms with Crippen LogP contribution >= 0.6 is 0 Å². The van der Waals surface area contributed by atoms with Crippen LogP contribution in [0.25, 0.3) is 11.5 Å². The van der Waals surface area contributed by atoms with Gasteiger partial charge in [-0.15, -0.1) is 0 Å². The summed E-state index contributed by atoms with van der Waals surface area (Å²) in [5, 5.41) is 0. The third-order valence-electron chi connectivity index (χ3n) is 6.31. The minimum Gasteiger partial charge on any atom is -0.493 e. The van der Waals surface area contributed by atoms with Crippen LogP contribution in [0.3, 0.4) is 0 Å². The highest BCUT2D eigenvalue weighted by atomic mass is 19.4. The Bertz CT molecular complexity index is 1240. The lowest BCUT2D eigenvalue weighted by molar-refractivity contribution is -0.188. The highest BCUT2D eigenvalue weighted by Crippen LogP contribution is 2.32. The fourth-order valence-electron chi connectivity index (χ4n) is 4.54. The van der Waals surface area contributed by atoms with E-state index in [2.05, 4.69) is 9.72 Å². The first-order chi connectivity index (χ1) is 17.7. The molecule has 0 N–H and O–H groups in total. The lowest BCUT2D eigenvalue weighted by Crippen LogP contribution is -2.47. The maximum absolute atomic E-state index is 13.0. The maximum Gasteiger partial charge on any atom is 0.471 e. The first-order valence-electron chi connectivity index (χ1n) is 11.8. The quantitative estimate of drug-likeness (QED) is 0.402. The van der Waals surface area contributed by atoms with Crippen LogP contribution < -0.4 is 4.74 Å². The second kappa shape index (κ2) is 11.1. The van der Waals surface area contributed by atoms with Crippen LogP contribution in [-0.4, -0.2) is 54.2 Å². The van der Waals surface area contributed by atoms with Crippen LogP contribution in [-0.2, 0) is 27.2 Å². The number of likely N-dealkylation sites (tertiary alicyclic amines) is 1. The topological polar surface area (TPSA) is 81.9 Å². The number of esters is 1. The molecule has 10 heteroatoms. The molecule has 2 atom stereocenters. The fourth-order valence-corrected chi connectivity index (χ4v) is 4.54. The van der Waals surface area contributed by atoms with E-state index in [1.165, 1.54) is 0 Å². The van der Waals surface area contributed by atoms with E-state index in [0.29, 0.717) is 36.0 Å². The number of hydrogen-bond donors (Lipinski definition) is 0. The van der Waals surface area contributed by atoms with Crippen molar-refractivity contribution < 1.29 is 36.7 Å². The van der Waals surface area contributed by atoms with Gasteiger partial charge in [-0.05, 0) is 55.5 Å². The number of aryl methyl sites for hydroxylation is 1. The van der Waals surface area contributed by atoms with Crippen LogP contribution in [0, 0.1) is 12.8 Å². The van der Waals surface area contributed by atoms with Crippen LogP contribution in [0.15, 0.2) is 59.0 Å². The number of benzene rings is 2. The zero-order chi connectivity index (χ0) is 26.6. The number of oxazole rings is 1. The Kier molecular flexibility index (Phi) is 7.85. The highest BCUT2D eigenvalue weighted by molar-refractivity contribution is 5.88. The smallest absolute Gasteiger partial charge is 0.471 e. The summed E-state index contributed by atoms with van der Waals surface area (Å²) in [7, 11) is 1.09. The Morgan fingerprint density at radius 1 is 1.14 bits per heavy atom. The molecular weight excluding hydrogens is 489 g/mol. The first kappa shape index (κ1) is 26.2. The van der Waals surface area contributed by atoms with Crippen molar-refractivity contribution in [2.75, 3.05) is 20.3 Å². The van der Waals surface area contributed by atoms with E-state index in [9.17, 15) is 22.8 Å². The Balaban J connectivity index is 1.36. The predicted molar refractivity (Wildman–Crippen MR) is 128 cm³/mol. The summed E-state index contributed by atoms with van der Waals surface area (Å²) in [6, 6.07) is 15.6. The van der Waals surface area contributed by atoms with Gasteiger partial charge in [-0.2, -0.15) is 13.2 Å². The fraction of sp³-hybridized carbons (Fsp3) is 0.370. The van der Waals surface area contributed by atoms with Crippen molar-refractivity contribution in [3.05, 3.63) is 71.6 Å². The normalized spacial score (nSPS) is 17.6. The molecular formula is C27H27F3N2O5. The van der Waals surface area contributed by atoms with Gasteiger partial charge >= 0.3 is 18.1 Å². The summed E-state index contributed by atoms with van der Waals surface area (Å²) in [6.07, 6.45) is -4.05. The van der Waals surface area contributed by atoms with E-state index in [1.54, 1.807) is 12.1 Å². The number of amides is 1. The van der Waals surface area contributed by atoms with Gasteiger partial charge in [0.25, 0.3) is 0 Å². The number of hydrogen-bond acceptors (Lipinski definition) is 6. The number of alkyl halides is 3. The Hall–Kier alpha value is -3.82. The summed E-state index contributed by atoms with van der Waals surface area (Å²) in [5.41, 5.74) is 2.52. The van der Waals surface area contributed by atoms with Crippen LogP contribution in [0.1, 0.15) is 23.4 Å². The number of methoxy groups -OCH3 is 1. The maximum atomic E-state index is 13.0. The number of carbonyl (C=O) groups is 2. The van der Waals surface area contributed by atoms with Gasteiger partial charge in [0.15, 0.2) is 0 Å². The van der Waals surface area contributed by atoms with Crippen molar-refractivity contribution in [1.82, 2.24) is 9.88 Å². The molecule has 1 amide bonds. The van der Waals surface area contributed by atoms with Crippen molar-refractivity contribution in [3.8, 4) is 17.2 Å². The molecule has 2 aromatic carbocycles. The van der Waals surface area contributed by atoms with E-state index < -0.39 is 24.1 Å². The zero-order valence-electron chi connectivity index (χ0n) is 20.5. The molecule has 1 aliphatic heterocycles. The Labute approximate surface area is 212 Å². The third kappa shape index (κ3) is 6.31. The van der Waals surface area contributed by atoms with Crippen LogP contribution in [0.5, 0.6) is 5.75 Å². The molecule has 0 saturated carbocycles. The monoisotopic (exact) mass is 516 g/mol. The van der Waals surface area contributed by atoms with E-state index in [4.69, 9.17) is 9.15 Å². The molecule has 0 aliphatic carbocycles. The predicted octanol–water partition coefficient (Wildman–Crippen LogP) is 4.77. The molecule has 4 rings (SSSR count). The van der Waals surface area contributed by atoms with Crippen molar-refractivity contribution in [3.63, 3.8) is 0 Å². The van der Waals surface area contributed by atoms with Gasteiger partial charge in [0.1, 0.15) is 17.6 Å². The number of ether oxygens (including phenoxy) is 2. The molecule has 1 fully saturated rings. The third-order valence-corrected chi connectivity index (χ3v) is 6.31. The van der Waals surface area contributed by atoms with Gasteiger partial charge in [-0.3, -0.25) is 4.79 Å². The number of rotatable bonds is 8. The van der Waals surface area contributed by atoms with Crippen molar-refractivity contribution in [1.29, 1.82) is 0 Å². The number of halogens is 3. The largest absolute Gasteiger partial charge is 0.493 e.